The molecule has 1 unspecified atom stereocenters. The zero-order valence-corrected chi connectivity index (χ0v) is 10.6. The van der Waals surface area contributed by atoms with Gasteiger partial charge in [0.2, 0.25) is 0 Å². The van der Waals surface area contributed by atoms with E-state index in [1.54, 1.807) is 7.11 Å². The highest BCUT2D eigenvalue weighted by Crippen LogP contribution is 2.43. The largest absolute Gasteiger partial charge is 0.361 e. The average Bonchev–Trinajstić information content (AvgIpc) is 3.27. The molecule has 0 radical (unpaired) electrons. The lowest BCUT2D eigenvalue weighted by molar-refractivity contribution is -0.304. The molecule has 5 nitrogen and oxygen atoms in total. The van der Waals surface area contributed by atoms with Crippen molar-refractivity contribution < 1.29 is 23.7 Å². The van der Waals surface area contributed by atoms with Crippen molar-refractivity contribution in [3.8, 4) is 0 Å². The minimum atomic E-state index is -0.338. The van der Waals surface area contributed by atoms with Gasteiger partial charge in [0.05, 0.1) is 6.61 Å². The predicted octanol–water partition coefficient (Wildman–Crippen LogP) is 1.24. The molecule has 3 aliphatic heterocycles. The zero-order chi connectivity index (χ0) is 12.8. The van der Waals surface area contributed by atoms with Crippen molar-refractivity contribution in [2.24, 2.45) is 0 Å². The van der Waals surface area contributed by atoms with E-state index in [4.69, 9.17) is 23.7 Å². The van der Waals surface area contributed by atoms with Crippen LogP contribution in [-0.4, -0.2) is 44.4 Å². The standard InChI is InChI=1S/C14H16O5/c1-15-14-12-11(18-12)10-9(17-14)7-16-13(19-10)8-5-3-2-4-6-8/h2-6,9-14H,7H2,1H3/t9-,10+,11-,12-,13?,14-/m1/s1. The smallest absolute Gasteiger partial charge is 0.186 e. The van der Waals surface area contributed by atoms with Crippen LogP contribution < -0.4 is 0 Å². The number of hydrogen-bond donors (Lipinski definition) is 0. The van der Waals surface area contributed by atoms with Crippen LogP contribution >= 0.6 is 0 Å². The topological polar surface area (TPSA) is 49.5 Å². The summed E-state index contributed by atoms with van der Waals surface area (Å²) in [6, 6.07) is 9.92. The summed E-state index contributed by atoms with van der Waals surface area (Å²) < 4.78 is 28.4. The van der Waals surface area contributed by atoms with Crippen molar-refractivity contribution in [2.45, 2.75) is 37.0 Å². The monoisotopic (exact) mass is 264 g/mol. The highest BCUT2D eigenvalue weighted by Gasteiger charge is 2.60. The van der Waals surface area contributed by atoms with Gasteiger partial charge in [0.1, 0.15) is 24.4 Å². The molecular weight excluding hydrogens is 248 g/mol. The molecule has 6 atom stereocenters. The Morgan fingerprint density at radius 1 is 1.00 bits per heavy atom. The van der Waals surface area contributed by atoms with E-state index < -0.39 is 0 Å². The van der Waals surface area contributed by atoms with Gasteiger partial charge in [0, 0.05) is 12.7 Å². The number of methoxy groups -OCH3 is 1. The molecule has 1 aromatic carbocycles. The Bertz CT molecular complexity index is 450. The van der Waals surface area contributed by atoms with Gasteiger partial charge < -0.3 is 23.7 Å². The van der Waals surface area contributed by atoms with Gasteiger partial charge in [-0.05, 0) is 0 Å². The van der Waals surface area contributed by atoms with Crippen molar-refractivity contribution in [3.05, 3.63) is 35.9 Å². The van der Waals surface area contributed by atoms with Crippen LogP contribution in [0.4, 0.5) is 0 Å². The Morgan fingerprint density at radius 2 is 1.84 bits per heavy atom. The van der Waals surface area contributed by atoms with E-state index in [1.165, 1.54) is 0 Å². The molecule has 1 aromatic rings. The highest BCUT2D eigenvalue weighted by molar-refractivity contribution is 5.17. The van der Waals surface area contributed by atoms with E-state index >= 15 is 0 Å². The van der Waals surface area contributed by atoms with Crippen molar-refractivity contribution in [3.63, 3.8) is 0 Å². The molecule has 0 spiro atoms. The van der Waals surface area contributed by atoms with E-state index in [-0.39, 0.29) is 37.0 Å². The minimum Gasteiger partial charge on any atom is -0.361 e. The molecule has 5 heteroatoms. The van der Waals surface area contributed by atoms with Crippen LogP contribution in [0.1, 0.15) is 11.9 Å². The first-order chi connectivity index (χ1) is 9.36. The summed E-state index contributed by atoms with van der Waals surface area (Å²) in [6.07, 6.45) is -0.759. The summed E-state index contributed by atoms with van der Waals surface area (Å²) in [5.74, 6) is 0. The molecule has 3 aliphatic rings. The predicted molar refractivity (Wildman–Crippen MR) is 64.3 cm³/mol. The van der Waals surface area contributed by atoms with Crippen LogP contribution in [-0.2, 0) is 23.7 Å². The molecule has 3 heterocycles. The van der Waals surface area contributed by atoms with E-state index in [9.17, 15) is 0 Å². The number of epoxide rings is 1. The van der Waals surface area contributed by atoms with E-state index in [0.29, 0.717) is 6.61 Å². The Balaban J connectivity index is 1.50. The van der Waals surface area contributed by atoms with Gasteiger partial charge in [-0.15, -0.1) is 0 Å². The first kappa shape index (κ1) is 11.8. The summed E-state index contributed by atoms with van der Waals surface area (Å²) in [7, 11) is 1.63. The number of fused-ring (bicyclic) bond motifs is 3. The maximum absolute atomic E-state index is 6.00. The molecular formula is C14H16O5. The lowest BCUT2D eigenvalue weighted by atomic mass is 10.0. The first-order valence-electron chi connectivity index (χ1n) is 6.52. The van der Waals surface area contributed by atoms with E-state index in [2.05, 4.69) is 0 Å². The molecule has 19 heavy (non-hydrogen) atoms. The van der Waals surface area contributed by atoms with E-state index in [0.717, 1.165) is 5.56 Å². The molecule has 0 aromatic heterocycles. The second kappa shape index (κ2) is 4.54. The lowest BCUT2D eigenvalue weighted by Crippen LogP contribution is -2.52. The summed E-state index contributed by atoms with van der Waals surface area (Å²) in [5.41, 5.74) is 1.02. The van der Waals surface area contributed by atoms with Gasteiger partial charge in [-0.1, -0.05) is 30.3 Å². The molecule has 0 amide bonds. The number of rotatable bonds is 2. The van der Waals surface area contributed by atoms with Crippen LogP contribution in [0, 0.1) is 0 Å². The second-order valence-electron chi connectivity index (χ2n) is 5.02. The van der Waals surface area contributed by atoms with Crippen LogP contribution in [0.3, 0.4) is 0 Å². The maximum Gasteiger partial charge on any atom is 0.186 e. The van der Waals surface area contributed by atoms with Gasteiger partial charge in [-0.2, -0.15) is 0 Å². The summed E-state index contributed by atoms with van der Waals surface area (Å²) in [5, 5.41) is 0. The van der Waals surface area contributed by atoms with Crippen LogP contribution in [0.15, 0.2) is 30.3 Å². The normalized spacial score (nSPS) is 44.3. The van der Waals surface area contributed by atoms with Gasteiger partial charge in [-0.3, -0.25) is 0 Å². The summed E-state index contributed by atoms with van der Waals surface area (Å²) in [4.78, 5) is 0. The molecule has 0 aliphatic carbocycles. The van der Waals surface area contributed by atoms with Crippen LogP contribution in [0.25, 0.3) is 0 Å². The third-order valence-electron chi connectivity index (χ3n) is 3.83. The third kappa shape index (κ3) is 1.98. The zero-order valence-electron chi connectivity index (χ0n) is 10.6. The fourth-order valence-electron chi connectivity index (χ4n) is 2.80. The lowest BCUT2D eigenvalue weighted by Gasteiger charge is -2.39. The Kier molecular flexibility index (Phi) is 2.82. The molecule has 102 valence electrons. The fourth-order valence-corrected chi connectivity index (χ4v) is 2.80. The number of ether oxygens (including phenoxy) is 5. The SMILES string of the molecule is CO[C@@H]1O[C@@H]2COC(c3ccccc3)O[C@@H]2[C@H]2O[C@@H]12. The highest BCUT2D eigenvalue weighted by atomic mass is 16.8. The summed E-state index contributed by atoms with van der Waals surface area (Å²) >= 11 is 0. The molecule has 0 N–H and O–H groups in total. The molecule has 0 bridgehead atoms. The van der Waals surface area contributed by atoms with Crippen molar-refractivity contribution >= 4 is 0 Å². The van der Waals surface area contributed by atoms with Crippen LogP contribution in [0.2, 0.25) is 0 Å². The Labute approximate surface area is 111 Å². The number of hydrogen-bond acceptors (Lipinski definition) is 5. The van der Waals surface area contributed by atoms with Gasteiger partial charge in [-0.25, -0.2) is 0 Å². The Morgan fingerprint density at radius 3 is 2.63 bits per heavy atom. The first-order valence-corrected chi connectivity index (χ1v) is 6.52. The summed E-state index contributed by atoms with van der Waals surface area (Å²) in [6.45, 7) is 0.497. The molecule has 3 saturated heterocycles. The molecule has 3 fully saturated rings. The minimum absolute atomic E-state index is 0.000716. The molecule has 0 saturated carbocycles. The molecule has 4 rings (SSSR count). The quantitative estimate of drug-likeness (QED) is 0.752. The average molecular weight is 264 g/mol. The third-order valence-corrected chi connectivity index (χ3v) is 3.83. The van der Waals surface area contributed by atoms with Gasteiger partial charge in [0.25, 0.3) is 0 Å². The number of benzene rings is 1. The van der Waals surface area contributed by atoms with Gasteiger partial charge >= 0.3 is 0 Å². The second-order valence-corrected chi connectivity index (χ2v) is 5.02. The van der Waals surface area contributed by atoms with Crippen molar-refractivity contribution in [1.29, 1.82) is 0 Å². The van der Waals surface area contributed by atoms with E-state index in [1.807, 2.05) is 30.3 Å². The van der Waals surface area contributed by atoms with Crippen molar-refractivity contribution in [2.75, 3.05) is 13.7 Å². The van der Waals surface area contributed by atoms with Gasteiger partial charge in [0.15, 0.2) is 12.6 Å². The van der Waals surface area contributed by atoms with Crippen LogP contribution in [0.5, 0.6) is 0 Å². The fraction of sp³-hybridized carbons (Fsp3) is 0.571. The Hall–Kier alpha value is -0.980. The van der Waals surface area contributed by atoms with Crippen molar-refractivity contribution in [1.82, 2.24) is 0 Å². The maximum atomic E-state index is 6.00.